The van der Waals surface area contributed by atoms with Gasteiger partial charge in [-0.25, -0.2) is 18.6 Å². The molecular weight excluding hydrogens is 514 g/mol. The van der Waals surface area contributed by atoms with Gasteiger partial charge in [-0.1, -0.05) is 42.3 Å². The molecule has 12 heteroatoms. The molecule has 2 aromatic carbocycles. The van der Waals surface area contributed by atoms with Crippen LogP contribution in [-0.2, 0) is 14.8 Å². The number of sulfonamides is 1. The van der Waals surface area contributed by atoms with E-state index in [2.05, 4.69) is 15.2 Å². The second-order valence-corrected chi connectivity index (χ2v) is 10.6. The summed E-state index contributed by atoms with van der Waals surface area (Å²) in [6.07, 6.45) is 0.537. The fourth-order valence-corrected chi connectivity index (χ4v) is 5.35. The van der Waals surface area contributed by atoms with Gasteiger partial charge in [0.15, 0.2) is 6.10 Å². The van der Waals surface area contributed by atoms with Gasteiger partial charge in [0.2, 0.25) is 0 Å². The van der Waals surface area contributed by atoms with Gasteiger partial charge in [-0.05, 0) is 49.1 Å². The van der Waals surface area contributed by atoms with E-state index in [1.165, 1.54) is 30.5 Å². The van der Waals surface area contributed by atoms with E-state index in [0.29, 0.717) is 5.56 Å². The topological polar surface area (TPSA) is 134 Å². The number of aryl methyl sites for hydroxylation is 1. The summed E-state index contributed by atoms with van der Waals surface area (Å²) < 4.78 is 33.3. The number of carboxylic acids is 1. The van der Waals surface area contributed by atoms with E-state index < -0.39 is 28.0 Å². The minimum absolute atomic E-state index is 0.0348. The van der Waals surface area contributed by atoms with Crippen molar-refractivity contribution in [2.75, 3.05) is 4.72 Å². The van der Waals surface area contributed by atoms with Gasteiger partial charge in [0, 0.05) is 5.56 Å². The van der Waals surface area contributed by atoms with Crippen LogP contribution in [0.4, 0.5) is 5.69 Å². The molecule has 0 aliphatic rings. The highest BCUT2D eigenvalue weighted by atomic mass is 35.5. The number of rotatable bonds is 10. The number of ether oxygens (including phenoxy) is 1. The molecule has 0 radical (unpaired) electrons. The van der Waals surface area contributed by atoms with E-state index in [1.54, 1.807) is 36.6 Å². The smallest absolute Gasteiger partial charge is 0.344 e. The zero-order valence-corrected chi connectivity index (χ0v) is 21.1. The van der Waals surface area contributed by atoms with Gasteiger partial charge in [-0.3, -0.25) is 9.52 Å². The monoisotopic (exact) mass is 535 g/mol. The number of para-hydroxylation sites is 1. The highest BCUT2D eigenvalue weighted by Gasteiger charge is 2.22. The predicted octanol–water partition coefficient (Wildman–Crippen LogP) is 4.52. The van der Waals surface area contributed by atoms with Gasteiger partial charge in [-0.2, -0.15) is 5.10 Å². The van der Waals surface area contributed by atoms with Crippen molar-refractivity contribution in [3.05, 3.63) is 75.6 Å². The van der Waals surface area contributed by atoms with E-state index in [4.69, 9.17) is 16.3 Å². The molecule has 0 aliphatic heterocycles. The number of aliphatic carboxylic acids is 1. The molecule has 1 amide bonds. The van der Waals surface area contributed by atoms with Crippen molar-refractivity contribution in [2.24, 2.45) is 5.10 Å². The SMILES string of the molecule is CCC(Oc1ccc(C)cc1C=NNC(=O)c1cccc(Cl)c1NS(=O)(=O)c1cccs1)C(=O)O. The molecule has 1 aromatic heterocycles. The van der Waals surface area contributed by atoms with Crippen molar-refractivity contribution < 1.29 is 27.9 Å². The molecule has 184 valence electrons. The molecule has 3 N–H and O–H groups in total. The van der Waals surface area contributed by atoms with Crippen LogP contribution in [0.3, 0.4) is 0 Å². The zero-order valence-electron chi connectivity index (χ0n) is 18.7. The maximum Gasteiger partial charge on any atom is 0.344 e. The summed E-state index contributed by atoms with van der Waals surface area (Å²) in [5, 5.41) is 14.9. The molecule has 0 saturated heterocycles. The minimum Gasteiger partial charge on any atom is -0.479 e. The molecule has 1 heterocycles. The standard InChI is InChI=1S/C23H22ClN3O6S2/c1-3-18(23(29)30)33-19-10-9-14(2)12-15(19)13-25-26-22(28)16-6-4-7-17(24)21(16)27-35(31,32)20-8-5-11-34-20/h4-13,18,27H,3H2,1-2H3,(H,26,28)(H,29,30). The Morgan fingerprint density at radius 1 is 1.23 bits per heavy atom. The Morgan fingerprint density at radius 2 is 2.00 bits per heavy atom. The van der Waals surface area contributed by atoms with Crippen molar-refractivity contribution in [2.45, 2.75) is 30.6 Å². The first kappa shape index (κ1) is 26.2. The molecule has 3 rings (SSSR count). The minimum atomic E-state index is -3.94. The number of nitrogens with one attached hydrogen (secondary N) is 2. The van der Waals surface area contributed by atoms with Crippen molar-refractivity contribution in [3.63, 3.8) is 0 Å². The third-order valence-corrected chi connectivity index (χ3v) is 7.77. The molecule has 35 heavy (non-hydrogen) atoms. The molecule has 0 saturated carbocycles. The fourth-order valence-electron chi connectivity index (χ4n) is 2.98. The number of nitrogens with zero attached hydrogens (tertiary/aromatic N) is 1. The second-order valence-electron chi connectivity index (χ2n) is 7.29. The lowest BCUT2D eigenvalue weighted by atomic mass is 10.1. The van der Waals surface area contributed by atoms with Crippen LogP contribution in [0.1, 0.15) is 34.8 Å². The number of carbonyl (C=O) groups excluding carboxylic acids is 1. The van der Waals surface area contributed by atoms with Gasteiger partial charge < -0.3 is 9.84 Å². The molecule has 0 aliphatic carbocycles. The lowest BCUT2D eigenvalue weighted by molar-refractivity contribution is -0.145. The lowest BCUT2D eigenvalue weighted by Crippen LogP contribution is -2.26. The lowest BCUT2D eigenvalue weighted by Gasteiger charge is -2.15. The highest BCUT2D eigenvalue weighted by molar-refractivity contribution is 7.94. The number of carbonyl (C=O) groups is 2. The van der Waals surface area contributed by atoms with Crippen molar-refractivity contribution in [1.29, 1.82) is 0 Å². The van der Waals surface area contributed by atoms with E-state index in [0.717, 1.165) is 16.9 Å². The number of hydrazone groups is 1. The normalized spacial score (nSPS) is 12.3. The number of benzene rings is 2. The fraction of sp³-hybridized carbons (Fsp3) is 0.174. The molecule has 9 nitrogen and oxygen atoms in total. The number of amides is 1. The number of hydrogen-bond donors (Lipinski definition) is 3. The van der Waals surface area contributed by atoms with Crippen LogP contribution in [0.25, 0.3) is 0 Å². The summed E-state index contributed by atoms with van der Waals surface area (Å²) in [6, 6.07) is 12.5. The Labute approximate surface area is 211 Å². The van der Waals surface area contributed by atoms with Crippen LogP contribution >= 0.6 is 22.9 Å². The predicted molar refractivity (Wildman–Crippen MR) is 135 cm³/mol. The van der Waals surface area contributed by atoms with E-state index in [-0.39, 0.29) is 32.7 Å². The van der Waals surface area contributed by atoms with Crippen molar-refractivity contribution in [1.82, 2.24) is 5.43 Å². The number of carboxylic acid groups (broad SMARTS) is 1. The maximum atomic E-state index is 12.8. The van der Waals surface area contributed by atoms with Crippen LogP contribution < -0.4 is 14.9 Å². The molecule has 0 bridgehead atoms. The van der Waals surface area contributed by atoms with E-state index in [1.807, 2.05) is 6.92 Å². The first-order valence-corrected chi connectivity index (χ1v) is 13.0. The summed E-state index contributed by atoms with van der Waals surface area (Å²) >= 11 is 7.21. The van der Waals surface area contributed by atoms with Crippen LogP contribution in [-0.4, -0.2) is 37.7 Å². The first-order chi connectivity index (χ1) is 16.6. The zero-order chi connectivity index (χ0) is 25.6. The van der Waals surface area contributed by atoms with Crippen LogP contribution in [0.15, 0.2) is 63.2 Å². The van der Waals surface area contributed by atoms with E-state index >= 15 is 0 Å². The Bertz CT molecular complexity index is 1360. The average molecular weight is 536 g/mol. The molecule has 0 fully saturated rings. The number of anilines is 1. The average Bonchev–Trinajstić information content (AvgIpc) is 3.35. The van der Waals surface area contributed by atoms with Crippen molar-refractivity contribution >= 4 is 56.7 Å². The summed E-state index contributed by atoms with van der Waals surface area (Å²) in [5.41, 5.74) is 3.55. The third kappa shape index (κ3) is 6.59. The van der Waals surface area contributed by atoms with Gasteiger partial charge in [-0.15, -0.1) is 11.3 Å². The van der Waals surface area contributed by atoms with Crippen LogP contribution in [0.5, 0.6) is 5.75 Å². The largest absolute Gasteiger partial charge is 0.479 e. The number of halogens is 1. The summed E-state index contributed by atoms with van der Waals surface area (Å²) in [6.45, 7) is 3.53. The maximum absolute atomic E-state index is 12.8. The molecule has 1 unspecified atom stereocenters. The second kappa shape index (κ2) is 11.3. The van der Waals surface area contributed by atoms with Gasteiger partial charge >= 0.3 is 5.97 Å². The van der Waals surface area contributed by atoms with Crippen LogP contribution in [0, 0.1) is 6.92 Å². The Morgan fingerprint density at radius 3 is 2.66 bits per heavy atom. The third-order valence-electron chi connectivity index (χ3n) is 4.71. The Kier molecular flexibility index (Phi) is 8.49. The van der Waals surface area contributed by atoms with Crippen LogP contribution in [0.2, 0.25) is 5.02 Å². The molecular formula is C23H22ClN3O6S2. The molecule has 3 aromatic rings. The van der Waals surface area contributed by atoms with Gasteiger partial charge in [0.1, 0.15) is 9.96 Å². The number of hydrogen-bond acceptors (Lipinski definition) is 7. The molecule has 0 spiro atoms. The first-order valence-electron chi connectivity index (χ1n) is 10.3. The van der Waals surface area contributed by atoms with Gasteiger partial charge in [0.05, 0.1) is 22.5 Å². The van der Waals surface area contributed by atoms with Crippen molar-refractivity contribution in [3.8, 4) is 5.75 Å². The summed E-state index contributed by atoms with van der Waals surface area (Å²) in [5.74, 6) is -1.52. The Hall–Kier alpha value is -3.41. The number of thiophene rings is 1. The summed E-state index contributed by atoms with van der Waals surface area (Å²) in [7, 11) is -3.94. The summed E-state index contributed by atoms with van der Waals surface area (Å²) in [4.78, 5) is 24.2. The highest BCUT2D eigenvalue weighted by Crippen LogP contribution is 2.29. The van der Waals surface area contributed by atoms with Gasteiger partial charge in [0.25, 0.3) is 15.9 Å². The molecule has 1 atom stereocenters. The van der Waals surface area contributed by atoms with E-state index in [9.17, 15) is 23.1 Å². The quantitative estimate of drug-likeness (QED) is 0.258. The Balaban J connectivity index is 1.82.